The van der Waals surface area contributed by atoms with Crippen LogP contribution >= 0.6 is 11.6 Å². The number of carbonyl (C=O) groups is 1. The first-order valence-electron chi connectivity index (χ1n) is 10.9. The highest BCUT2D eigenvalue weighted by atomic mass is 35.5. The van der Waals surface area contributed by atoms with Crippen LogP contribution in [0.15, 0.2) is 17.0 Å². The second-order valence-electron chi connectivity index (χ2n) is 9.66. The minimum Gasteiger partial charge on any atom is -0.491 e. The van der Waals surface area contributed by atoms with Crippen LogP contribution in [-0.4, -0.2) is 29.1 Å². The van der Waals surface area contributed by atoms with Gasteiger partial charge in [-0.15, -0.1) is 0 Å². The molecule has 3 saturated carbocycles. The molecule has 0 saturated heterocycles. The van der Waals surface area contributed by atoms with Crippen LogP contribution in [0.2, 0.25) is 5.02 Å². The molecule has 0 aliphatic heterocycles. The minimum atomic E-state index is -1.67. The Morgan fingerprint density at radius 2 is 1.93 bits per heavy atom. The zero-order valence-electron chi connectivity index (χ0n) is 17.6. The van der Waals surface area contributed by atoms with E-state index in [-0.39, 0.29) is 21.3 Å². The number of rotatable bonds is 6. The van der Waals surface area contributed by atoms with Gasteiger partial charge in [0.25, 0.3) is 0 Å². The number of halogens is 2. The fraction of sp³-hybridized carbons (Fsp3) is 0.696. The highest BCUT2D eigenvalue weighted by molar-refractivity contribution is 7.85. The molecule has 4 rings (SSSR count). The van der Waals surface area contributed by atoms with E-state index in [1.807, 2.05) is 0 Å². The van der Waals surface area contributed by atoms with E-state index in [0.29, 0.717) is 25.2 Å². The van der Waals surface area contributed by atoms with Crippen LogP contribution < -0.4 is 4.74 Å². The van der Waals surface area contributed by atoms with Crippen molar-refractivity contribution in [1.29, 1.82) is 0 Å². The predicted octanol–water partition coefficient (Wildman–Crippen LogP) is 5.52. The van der Waals surface area contributed by atoms with Crippen LogP contribution in [0.3, 0.4) is 0 Å². The van der Waals surface area contributed by atoms with E-state index in [2.05, 4.69) is 6.92 Å². The van der Waals surface area contributed by atoms with Crippen LogP contribution in [-0.2, 0) is 20.3 Å². The standard InChI is InChI=1S/C23H30ClFO4S/c1-23(11-14-6-7-15(8-14)12-23)13-29-19-10-18(25)21(9-17(19)24)30(27)20-5-3-4-16(20)22(26)28-2/h9-10,14-16,20H,3-8,11-13H2,1-2H3/t14-,15+,16?,20?,23?,30?. The molecule has 0 radical (unpaired) electrons. The van der Waals surface area contributed by atoms with Gasteiger partial charge in [-0.25, -0.2) is 4.39 Å². The van der Waals surface area contributed by atoms with Crippen LogP contribution in [0.25, 0.3) is 0 Å². The van der Waals surface area contributed by atoms with Crippen molar-refractivity contribution in [1.82, 2.24) is 0 Å². The smallest absolute Gasteiger partial charge is 0.309 e. The highest BCUT2D eigenvalue weighted by Gasteiger charge is 2.42. The average molecular weight is 457 g/mol. The molecule has 1 aromatic carbocycles. The van der Waals surface area contributed by atoms with Crippen LogP contribution in [0.4, 0.5) is 4.39 Å². The van der Waals surface area contributed by atoms with Crippen molar-refractivity contribution in [2.24, 2.45) is 23.2 Å². The molecule has 0 aromatic heterocycles. The second-order valence-corrected chi connectivity index (χ2v) is 11.7. The van der Waals surface area contributed by atoms with Gasteiger partial charge in [0.15, 0.2) is 0 Å². The maximum atomic E-state index is 14.9. The third-order valence-corrected chi connectivity index (χ3v) is 9.38. The lowest BCUT2D eigenvalue weighted by Crippen LogP contribution is -2.32. The fourth-order valence-electron chi connectivity index (χ4n) is 5.94. The zero-order valence-corrected chi connectivity index (χ0v) is 19.2. The summed E-state index contributed by atoms with van der Waals surface area (Å²) in [5.74, 6) is 0.410. The Morgan fingerprint density at radius 3 is 2.60 bits per heavy atom. The van der Waals surface area contributed by atoms with Gasteiger partial charge >= 0.3 is 5.97 Å². The van der Waals surface area contributed by atoms with Crippen molar-refractivity contribution in [2.75, 3.05) is 13.7 Å². The van der Waals surface area contributed by atoms with E-state index >= 15 is 0 Å². The Kier molecular flexibility index (Phi) is 6.45. The van der Waals surface area contributed by atoms with Gasteiger partial charge in [0.2, 0.25) is 0 Å². The first-order valence-corrected chi connectivity index (χ1v) is 12.5. The molecule has 0 heterocycles. The molecular formula is C23H30ClFO4S. The van der Waals surface area contributed by atoms with E-state index in [4.69, 9.17) is 21.1 Å². The Labute approximate surface area is 185 Å². The SMILES string of the molecule is COC(=O)C1CCCC1S(=O)c1cc(Cl)c(OCC2(C)C[C@@H]3CC[C@@H](C3)C2)cc1F. The molecule has 7 heteroatoms. The Bertz CT molecular complexity index is 833. The van der Waals surface area contributed by atoms with E-state index in [1.165, 1.54) is 38.5 Å². The largest absolute Gasteiger partial charge is 0.491 e. The van der Waals surface area contributed by atoms with E-state index < -0.39 is 27.8 Å². The summed E-state index contributed by atoms with van der Waals surface area (Å²) in [5, 5.41) is -0.193. The number of ether oxygens (including phenoxy) is 2. The van der Waals surface area contributed by atoms with Crippen molar-refractivity contribution in [3.05, 3.63) is 23.0 Å². The molecule has 3 aliphatic rings. The molecular weight excluding hydrogens is 427 g/mol. The third-order valence-electron chi connectivity index (χ3n) is 7.22. The summed E-state index contributed by atoms with van der Waals surface area (Å²) >= 11 is 6.39. The fourth-order valence-corrected chi connectivity index (χ4v) is 7.96. The molecule has 3 aliphatic carbocycles. The molecule has 6 atom stereocenters. The van der Waals surface area contributed by atoms with E-state index in [9.17, 15) is 13.4 Å². The monoisotopic (exact) mass is 456 g/mol. The van der Waals surface area contributed by atoms with E-state index in [0.717, 1.165) is 31.1 Å². The van der Waals surface area contributed by atoms with Gasteiger partial charge in [0, 0.05) is 11.5 Å². The lowest BCUT2D eigenvalue weighted by Gasteiger charge is -2.37. The molecule has 2 bridgehead atoms. The maximum Gasteiger partial charge on any atom is 0.309 e. The second kappa shape index (κ2) is 8.78. The minimum absolute atomic E-state index is 0.0371. The number of carbonyl (C=O) groups excluding carboxylic acids is 1. The summed E-state index contributed by atoms with van der Waals surface area (Å²) in [6, 6.07) is 2.65. The highest BCUT2D eigenvalue weighted by Crippen LogP contribution is 2.50. The summed E-state index contributed by atoms with van der Waals surface area (Å²) in [5.41, 5.74) is 0.0863. The molecule has 0 spiro atoms. The average Bonchev–Trinajstić information content (AvgIpc) is 3.34. The van der Waals surface area contributed by atoms with Crippen molar-refractivity contribution in [3.63, 3.8) is 0 Å². The molecule has 3 fully saturated rings. The van der Waals surface area contributed by atoms with Crippen molar-refractivity contribution in [2.45, 2.75) is 68.4 Å². The lowest BCUT2D eigenvalue weighted by atomic mass is 9.71. The quantitative estimate of drug-likeness (QED) is 0.528. The summed E-state index contributed by atoms with van der Waals surface area (Å²) in [4.78, 5) is 12.0. The van der Waals surface area contributed by atoms with Crippen LogP contribution in [0.5, 0.6) is 5.75 Å². The summed E-state index contributed by atoms with van der Waals surface area (Å²) in [6.45, 7) is 2.76. The van der Waals surface area contributed by atoms with Crippen LogP contribution in [0, 0.1) is 29.0 Å². The van der Waals surface area contributed by atoms with Gasteiger partial charge in [0.1, 0.15) is 11.6 Å². The summed E-state index contributed by atoms with van der Waals surface area (Å²) < 4.78 is 38.8. The first kappa shape index (κ1) is 22.1. The van der Waals surface area contributed by atoms with Gasteiger partial charge in [-0.2, -0.15) is 0 Å². The van der Waals surface area contributed by atoms with Crippen molar-refractivity contribution < 1.29 is 22.9 Å². The summed E-state index contributed by atoms with van der Waals surface area (Å²) in [7, 11) is -0.353. The third kappa shape index (κ3) is 4.40. The number of benzene rings is 1. The molecule has 4 nitrogen and oxygen atoms in total. The number of esters is 1. The molecule has 4 unspecified atom stereocenters. The molecule has 166 valence electrons. The molecule has 1 aromatic rings. The predicted molar refractivity (Wildman–Crippen MR) is 115 cm³/mol. The van der Waals surface area contributed by atoms with E-state index in [1.54, 1.807) is 0 Å². The molecule has 30 heavy (non-hydrogen) atoms. The van der Waals surface area contributed by atoms with Gasteiger partial charge in [0.05, 0.1) is 45.6 Å². The number of methoxy groups -OCH3 is 1. The Morgan fingerprint density at radius 1 is 1.23 bits per heavy atom. The Hall–Kier alpha value is -1.14. The number of hydrogen-bond acceptors (Lipinski definition) is 4. The maximum absolute atomic E-state index is 14.9. The zero-order chi connectivity index (χ0) is 21.5. The molecule has 0 N–H and O–H groups in total. The number of fused-ring (bicyclic) bond motifs is 2. The van der Waals surface area contributed by atoms with Gasteiger partial charge in [-0.3, -0.25) is 9.00 Å². The van der Waals surface area contributed by atoms with Crippen molar-refractivity contribution in [3.8, 4) is 5.75 Å². The van der Waals surface area contributed by atoms with Gasteiger partial charge in [-0.1, -0.05) is 37.8 Å². The van der Waals surface area contributed by atoms with Crippen LogP contribution in [0.1, 0.15) is 58.3 Å². The Balaban J connectivity index is 1.47. The van der Waals surface area contributed by atoms with Crippen molar-refractivity contribution >= 4 is 28.4 Å². The normalized spacial score (nSPS) is 34.0. The summed E-state index contributed by atoms with van der Waals surface area (Å²) in [6.07, 6.45) is 8.22. The van der Waals surface area contributed by atoms with Gasteiger partial charge in [-0.05, 0) is 50.0 Å². The first-order chi connectivity index (χ1) is 14.3. The van der Waals surface area contributed by atoms with Gasteiger partial charge < -0.3 is 9.47 Å². The molecule has 0 amide bonds. The topological polar surface area (TPSA) is 52.6 Å². The number of hydrogen-bond donors (Lipinski definition) is 0. The lowest BCUT2D eigenvalue weighted by molar-refractivity contribution is -0.145.